The molecule has 0 saturated heterocycles. The van der Waals surface area contributed by atoms with Crippen molar-refractivity contribution in [3.63, 3.8) is 0 Å². The fourth-order valence-corrected chi connectivity index (χ4v) is 7.91. The van der Waals surface area contributed by atoms with Crippen LogP contribution in [0.3, 0.4) is 0 Å². The van der Waals surface area contributed by atoms with Gasteiger partial charge in [0.1, 0.15) is 0 Å². The Hall–Kier alpha value is -3.70. The summed E-state index contributed by atoms with van der Waals surface area (Å²) in [5, 5.41) is 2.90. The molecule has 5 heterocycles. The number of thiophene rings is 1. The number of aromatic nitrogens is 3. The van der Waals surface area contributed by atoms with Gasteiger partial charge in [-0.15, -0.1) is 64.9 Å². The maximum absolute atomic E-state index is 7.66. The molecule has 6 heteroatoms. The van der Waals surface area contributed by atoms with E-state index in [2.05, 4.69) is 94.8 Å². The number of nitrogens with zero attached hydrogens (tertiary/aromatic N) is 3. The Kier molecular flexibility index (Phi) is 7.76. The summed E-state index contributed by atoms with van der Waals surface area (Å²) in [7, 11) is 0. The molecular weight excluding hydrogens is 775 g/mol. The number of benzene rings is 2. The Balaban J connectivity index is 0.000000227. The van der Waals surface area contributed by atoms with Gasteiger partial charge in [-0.05, 0) is 79.0 Å². The third-order valence-electron chi connectivity index (χ3n) is 9.41. The summed E-state index contributed by atoms with van der Waals surface area (Å²) in [6.45, 7) is 13.3. The van der Waals surface area contributed by atoms with Crippen LogP contribution in [0.2, 0.25) is 0 Å². The zero-order chi connectivity index (χ0) is 34.9. The van der Waals surface area contributed by atoms with Gasteiger partial charge in [0.15, 0.2) is 0 Å². The van der Waals surface area contributed by atoms with E-state index in [1.807, 2.05) is 41.9 Å². The smallest absolute Gasteiger partial charge is 0.216 e. The molecule has 0 fully saturated rings. The predicted octanol–water partition coefficient (Wildman–Crippen LogP) is 11.2. The molecule has 0 saturated carbocycles. The Morgan fingerprint density at radius 1 is 0.830 bits per heavy atom. The van der Waals surface area contributed by atoms with Crippen molar-refractivity contribution in [3.05, 3.63) is 112 Å². The standard InChI is InChI=1S/C27H25N2OS.C14H14N.Ir/c1-15-9-10-17-16-7-6-8-18(23(16)30-25(17)29-15)20-13-21-19(14-28-20)22-24(31-21)27(4,5)12-11-26(22,2)3;1-10-4-6-13(7-5-10)14-8-11(2)12(3)9-15-14;/h6-7,9-10,13-14H,11-12H2,1-5H3;4-6,8-9H,1-3H3;/q2*-1;/i1D3;;. The van der Waals surface area contributed by atoms with Gasteiger partial charge in [0.2, 0.25) is 5.71 Å². The van der Waals surface area contributed by atoms with Gasteiger partial charge >= 0.3 is 0 Å². The molecule has 0 atom stereocenters. The molecule has 7 aromatic rings. The first-order valence-corrected chi connectivity index (χ1v) is 16.5. The molecule has 241 valence electrons. The molecule has 1 radical (unpaired) electrons. The van der Waals surface area contributed by atoms with Crippen LogP contribution in [0.4, 0.5) is 0 Å². The second kappa shape index (κ2) is 12.4. The van der Waals surface area contributed by atoms with Crippen molar-refractivity contribution in [1.82, 2.24) is 15.0 Å². The van der Waals surface area contributed by atoms with Gasteiger partial charge in [-0.25, -0.2) is 4.98 Å². The molecule has 47 heavy (non-hydrogen) atoms. The second-order valence-electron chi connectivity index (χ2n) is 13.8. The third-order valence-corrected chi connectivity index (χ3v) is 10.9. The molecule has 0 unspecified atom stereocenters. The third kappa shape index (κ3) is 6.08. The Morgan fingerprint density at radius 2 is 1.62 bits per heavy atom. The number of aryl methyl sites for hydroxylation is 4. The topological polar surface area (TPSA) is 51.8 Å². The van der Waals surface area contributed by atoms with Crippen molar-refractivity contribution in [2.45, 2.75) is 79.0 Å². The zero-order valence-electron chi connectivity index (χ0n) is 30.8. The summed E-state index contributed by atoms with van der Waals surface area (Å²) in [5.41, 5.74) is 10.0. The summed E-state index contributed by atoms with van der Waals surface area (Å²) < 4.78 is 30.3. The van der Waals surface area contributed by atoms with Crippen LogP contribution in [0.1, 0.15) is 77.5 Å². The van der Waals surface area contributed by atoms with Crippen LogP contribution in [-0.2, 0) is 30.9 Å². The van der Waals surface area contributed by atoms with Crippen molar-refractivity contribution < 1.29 is 28.6 Å². The van der Waals surface area contributed by atoms with Gasteiger partial charge in [0.25, 0.3) is 0 Å². The summed E-state index contributed by atoms with van der Waals surface area (Å²) in [4.78, 5) is 15.0. The maximum Gasteiger partial charge on any atom is 0.216 e. The van der Waals surface area contributed by atoms with Gasteiger partial charge in [-0.2, -0.15) is 0 Å². The summed E-state index contributed by atoms with van der Waals surface area (Å²) in [6, 6.07) is 24.0. The molecular formula is C41H39IrN3OS-2. The van der Waals surface area contributed by atoms with Crippen molar-refractivity contribution in [1.29, 1.82) is 0 Å². The van der Waals surface area contributed by atoms with E-state index in [-0.39, 0.29) is 36.6 Å². The van der Waals surface area contributed by atoms with Crippen molar-refractivity contribution in [2.24, 2.45) is 0 Å². The van der Waals surface area contributed by atoms with Crippen LogP contribution in [0.15, 0.2) is 71.4 Å². The normalized spacial score (nSPS) is 16.0. The first kappa shape index (κ1) is 29.4. The van der Waals surface area contributed by atoms with Crippen LogP contribution in [0, 0.1) is 39.8 Å². The van der Waals surface area contributed by atoms with Gasteiger partial charge < -0.3 is 14.4 Å². The number of furan rings is 1. The van der Waals surface area contributed by atoms with Crippen molar-refractivity contribution >= 4 is 43.5 Å². The molecule has 1 aliphatic carbocycles. The van der Waals surface area contributed by atoms with E-state index in [1.54, 1.807) is 12.1 Å². The molecule has 0 amide bonds. The van der Waals surface area contributed by atoms with E-state index >= 15 is 0 Å². The summed E-state index contributed by atoms with van der Waals surface area (Å²) >= 11 is 1.87. The molecule has 1 aliphatic rings. The minimum atomic E-state index is -2.28. The van der Waals surface area contributed by atoms with E-state index in [0.717, 1.165) is 39.7 Å². The number of hydrogen-bond acceptors (Lipinski definition) is 5. The fourth-order valence-electron chi connectivity index (χ4n) is 6.39. The van der Waals surface area contributed by atoms with Crippen LogP contribution in [-0.4, -0.2) is 15.0 Å². The molecule has 0 aliphatic heterocycles. The molecule has 2 aromatic carbocycles. The molecule has 0 bridgehead atoms. The largest absolute Gasteiger partial charge is 0.486 e. The average molecular weight is 817 g/mol. The van der Waals surface area contributed by atoms with Crippen molar-refractivity contribution in [3.8, 4) is 22.5 Å². The Morgan fingerprint density at radius 3 is 2.36 bits per heavy atom. The summed E-state index contributed by atoms with van der Waals surface area (Å²) in [5.74, 6) is 0. The predicted molar refractivity (Wildman–Crippen MR) is 192 cm³/mol. The zero-order valence-corrected chi connectivity index (χ0v) is 31.0. The quantitative estimate of drug-likeness (QED) is 0.163. The van der Waals surface area contributed by atoms with E-state index in [1.165, 1.54) is 43.6 Å². The molecule has 0 spiro atoms. The number of pyridine rings is 3. The monoisotopic (exact) mass is 817 g/mol. The number of rotatable bonds is 2. The van der Waals surface area contributed by atoms with Crippen LogP contribution in [0.5, 0.6) is 0 Å². The second-order valence-corrected chi connectivity index (χ2v) is 14.9. The fraction of sp³-hybridized carbons (Fsp3) is 0.293. The maximum atomic E-state index is 7.66. The Labute approximate surface area is 299 Å². The molecule has 5 aromatic heterocycles. The average Bonchev–Trinajstić information content (AvgIpc) is 3.65. The van der Waals surface area contributed by atoms with Crippen LogP contribution in [0.25, 0.3) is 54.7 Å². The first-order valence-electron chi connectivity index (χ1n) is 17.2. The van der Waals surface area contributed by atoms with Gasteiger partial charge in [0.05, 0.1) is 5.58 Å². The molecule has 8 rings (SSSR count). The number of hydrogen-bond donors (Lipinski definition) is 0. The SMILES string of the molecule is Cc1c[c-]c(-c2cc(C)c(C)cn2)cc1.[2H]C([2H])([2H])c1ccc2c(n1)oc1c(-c3cc4sc5c(c4cn3)C(C)(C)CCC5(C)C)[c-]ccc12.[Ir]. The van der Waals surface area contributed by atoms with Gasteiger partial charge in [0, 0.05) is 62.7 Å². The van der Waals surface area contributed by atoms with Crippen molar-refractivity contribution in [2.75, 3.05) is 0 Å². The van der Waals surface area contributed by atoms with E-state index < -0.39 is 6.85 Å². The van der Waals surface area contributed by atoms with E-state index in [4.69, 9.17) is 13.5 Å². The minimum Gasteiger partial charge on any atom is -0.486 e. The van der Waals surface area contributed by atoms with Crippen LogP contribution >= 0.6 is 11.3 Å². The molecule has 4 nitrogen and oxygen atoms in total. The number of fused-ring (bicyclic) bond motifs is 6. The first-order chi connectivity index (χ1) is 23.1. The van der Waals surface area contributed by atoms with E-state index in [9.17, 15) is 0 Å². The van der Waals surface area contributed by atoms with Gasteiger partial charge in [-0.3, -0.25) is 0 Å². The molecule has 0 N–H and O–H groups in total. The van der Waals surface area contributed by atoms with Crippen LogP contribution < -0.4 is 0 Å². The Bertz CT molecular complexity index is 2370. The summed E-state index contributed by atoms with van der Waals surface area (Å²) in [6.07, 6.45) is 6.26. The minimum absolute atomic E-state index is 0. The van der Waals surface area contributed by atoms with E-state index in [0.29, 0.717) is 11.3 Å². The van der Waals surface area contributed by atoms with Gasteiger partial charge in [-0.1, -0.05) is 63.3 Å².